The van der Waals surface area contributed by atoms with Crippen molar-refractivity contribution in [1.82, 2.24) is 15.2 Å². The second-order valence-electron chi connectivity index (χ2n) is 9.47. The Morgan fingerprint density at radius 3 is 2.81 bits per heavy atom. The van der Waals surface area contributed by atoms with E-state index in [0.717, 1.165) is 0 Å². The van der Waals surface area contributed by atoms with E-state index in [4.69, 9.17) is 9.15 Å². The van der Waals surface area contributed by atoms with Crippen molar-refractivity contribution in [2.24, 2.45) is 0 Å². The van der Waals surface area contributed by atoms with E-state index in [1.54, 1.807) is 24.3 Å². The molecular formula is C25H23FN4O6. The number of nitrogens with zero attached hydrogens (tertiary/aromatic N) is 3. The quantitative estimate of drug-likeness (QED) is 0.511. The van der Waals surface area contributed by atoms with Crippen molar-refractivity contribution in [1.29, 1.82) is 0 Å². The van der Waals surface area contributed by atoms with Gasteiger partial charge in [0.1, 0.15) is 22.5 Å². The van der Waals surface area contributed by atoms with Crippen LogP contribution in [0.4, 0.5) is 10.2 Å². The molecule has 0 radical (unpaired) electrons. The van der Waals surface area contributed by atoms with E-state index in [0.29, 0.717) is 42.0 Å². The lowest BCUT2D eigenvalue weighted by atomic mass is 9.82. The van der Waals surface area contributed by atoms with Crippen LogP contribution in [0.1, 0.15) is 34.5 Å². The first-order valence-corrected chi connectivity index (χ1v) is 11.6. The largest absolute Gasteiger partial charge is 0.494 e. The number of aliphatic hydroxyl groups excluding tert-OH is 1. The highest BCUT2D eigenvalue weighted by atomic mass is 19.1. The maximum atomic E-state index is 14.8. The van der Waals surface area contributed by atoms with Crippen molar-refractivity contribution in [2.45, 2.75) is 30.9 Å². The van der Waals surface area contributed by atoms with Gasteiger partial charge in [-0.1, -0.05) is 6.07 Å². The van der Waals surface area contributed by atoms with Gasteiger partial charge in [-0.05, 0) is 30.2 Å². The number of imide groups is 1. The van der Waals surface area contributed by atoms with E-state index >= 15 is 0 Å². The van der Waals surface area contributed by atoms with Crippen LogP contribution in [0.3, 0.4) is 0 Å². The van der Waals surface area contributed by atoms with Crippen LogP contribution in [-0.4, -0.2) is 65.6 Å². The molecule has 2 fully saturated rings. The van der Waals surface area contributed by atoms with Gasteiger partial charge in [0.05, 0.1) is 25.2 Å². The van der Waals surface area contributed by atoms with E-state index in [2.05, 4.69) is 10.3 Å². The van der Waals surface area contributed by atoms with Crippen LogP contribution in [0.15, 0.2) is 34.7 Å². The minimum absolute atomic E-state index is 0.0443. The Balaban J connectivity index is 1.36. The van der Waals surface area contributed by atoms with Gasteiger partial charge in [0.15, 0.2) is 17.1 Å². The van der Waals surface area contributed by atoms with Gasteiger partial charge in [0.25, 0.3) is 5.91 Å². The molecule has 2 N–H and O–H groups in total. The molecule has 3 aliphatic heterocycles. The van der Waals surface area contributed by atoms with Crippen LogP contribution in [0.5, 0.6) is 5.75 Å². The number of carbonyl (C=O) groups excluding carboxylic acids is 3. The van der Waals surface area contributed by atoms with Gasteiger partial charge in [-0.15, -0.1) is 0 Å². The first-order chi connectivity index (χ1) is 17.3. The van der Waals surface area contributed by atoms with E-state index in [-0.39, 0.29) is 36.6 Å². The lowest BCUT2D eigenvalue weighted by molar-refractivity contribution is -0.127. The lowest BCUT2D eigenvalue weighted by Gasteiger charge is -2.28. The van der Waals surface area contributed by atoms with Crippen molar-refractivity contribution >= 4 is 34.6 Å². The minimum atomic E-state index is -1.49. The number of nitrogens with one attached hydrogen (secondary N) is 1. The third-order valence-electron chi connectivity index (χ3n) is 7.20. The number of pyridine rings is 1. The zero-order chi connectivity index (χ0) is 25.2. The molecule has 3 amide bonds. The number of aliphatic hydroxyl groups is 1. The number of furan rings is 1. The third kappa shape index (κ3) is 3.34. The number of carbonyl (C=O) groups is 3. The predicted octanol–water partition coefficient (Wildman–Crippen LogP) is 1.49. The average molecular weight is 494 g/mol. The summed E-state index contributed by atoms with van der Waals surface area (Å²) < 4.78 is 25.9. The van der Waals surface area contributed by atoms with Crippen LogP contribution < -0.4 is 15.0 Å². The molecule has 5 heterocycles. The number of benzene rings is 1. The summed E-state index contributed by atoms with van der Waals surface area (Å²) in [6, 6.07) is 8.18. The Morgan fingerprint density at radius 1 is 1.28 bits per heavy atom. The van der Waals surface area contributed by atoms with Crippen LogP contribution in [0, 0.1) is 5.82 Å². The Kier molecular flexibility index (Phi) is 5.01. The van der Waals surface area contributed by atoms with Crippen molar-refractivity contribution in [3.8, 4) is 5.75 Å². The van der Waals surface area contributed by atoms with Crippen LogP contribution in [-0.2, 0) is 21.5 Å². The first-order valence-electron chi connectivity index (χ1n) is 11.6. The first kappa shape index (κ1) is 22.5. The normalized spacial score (nSPS) is 23.6. The molecular weight excluding hydrogens is 471 g/mol. The third-order valence-corrected chi connectivity index (χ3v) is 7.20. The second kappa shape index (κ2) is 8.02. The molecule has 36 heavy (non-hydrogen) atoms. The number of hydrogen-bond acceptors (Lipinski definition) is 8. The summed E-state index contributed by atoms with van der Waals surface area (Å²) in [5, 5.41) is 12.2. The fraction of sp³-hybridized carbons (Fsp3) is 0.360. The van der Waals surface area contributed by atoms with Gasteiger partial charge in [-0.2, -0.15) is 0 Å². The number of ether oxygens (including phenoxy) is 1. The molecule has 6 rings (SSSR count). The van der Waals surface area contributed by atoms with E-state index < -0.39 is 35.1 Å². The molecule has 0 saturated carbocycles. The summed E-state index contributed by atoms with van der Waals surface area (Å²) in [5.74, 6) is -1.59. The number of fused-ring (bicyclic) bond motifs is 2. The Labute approximate surface area is 204 Å². The number of rotatable bonds is 5. The highest BCUT2D eigenvalue weighted by molar-refractivity contribution is 6.10. The molecule has 3 aliphatic rings. The lowest BCUT2D eigenvalue weighted by Crippen LogP contribution is -2.46. The molecule has 0 aliphatic carbocycles. The molecule has 0 unspecified atom stereocenters. The van der Waals surface area contributed by atoms with Gasteiger partial charge in [-0.3, -0.25) is 19.7 Å². The van der Waals surface area contributed by atoms with E-state index in [1.165, 1.54) is 18.1 Å². The number of hydrogen-bond donors (Lipinski definition) is 2. The summed E-state index contributed by atoms with van der Waals surface area (Å²) in [4.78, 5) is 46.6. The molecule has 186 valence electrons. The predicted molar refractivity (Wildman–Crippen MR) is 124 cm³/mol. The molecule has 0 bridgehead atoms. The zero-order valence-electron chi connectivity index (χ0n) is 19.4. The number of methoxy groups -OCH3 is 1. The standard InChI is InChI=1S/C25H23FN4O6/c1-35-17-3-2-13-10-30(23(33)21(13)22(17)26)12-25(9-20(32)28-24(25)34)18-8-15-16(36-18)4-5-19(27-15)29-7-6-14(31)11-29/h2-5,8,14,31H,6-7,9-12H2,1H3,(H,28,32,34)/t14-,25-/m1/s1. The van der Waals surface area contributed by atoms with Crippen molar-refractivity contribution < 1.29 is 33.0 Å². The maximum Gasteiger partial charge on any atom is 0.257 e. The number of halogens is 1. The van der Waals surface area contributed by atoms with Gasteiger partial charge in [-0.25, -0.2) is 9.37 Å². The number of β-amino-alcohol motifs (C(OH)–C–C–N with tert-alkyl or cyclic N) is 1. The van der Waals surface area contributed by atoms with Crippen LogP contribution in [0.25, 0.3) is 11.1 Å². The highest BCUT2D eigenvalue weighted by Gasteiger charge is 2.53. The Bertz CT molecular complexity index is 1440. The van der Waals surface area contributed by atoms with Gasteiger partial charge in [0, 0.05) is 32.2 Å². The van der Waals surface area contributed by atoms with Crippen molar-refractivity contribution in [2.75, 3.05) is 31.6 Å². The van der Waals surface area contributed by atoms with Crippen molar-refractivity contribution in [3.05, 3.63) is 53.0 Å². The number of anilines is 1. The molecule has 10 nitrogen and oxygen atoms in total. The molecule has 1 aromatic carbocycles. The smallest absolute Gasteiger partial charge is 0.257 e. The summed E-state index contributed by atoms with van der Waals surface area (Å²) in [7, 11) is 1.32. The fourth-order valence-corrected chi connectivity index (χ4v) is 5.33. The van der Waals surface area contributed by atoms with Gasteiger partial charge >= 0.3 is 0 Å². The summed E-state index contributed by atoms with van der Waals surface area (Å²) in [6.45, 7) is 1.05. The van der Waals surface area contributed by atoms with Gasteiger partial charge < -0.3 is 24.1 Å². The molecule has 2 atom stereocenters. The summed E-state index contributed by atoms with van der Waals surface area (Å²) >= 11 is 0. The molecule has 0 spiro atoms. The van der Waals surface area contributed by atoms with Crippen LogP contribution >= 0.6 is 0 Å². The highest BCUT2D eigenvalue weighted by Crippen LogP contribution is 2.40. The van der Waals surface area contributed by atoms with Crippen LogP contribution in [0.2, 0.25) is 0 Å². The SMILES string of the molecule is COc1ccc2c(c1F)C(=O)N(C[C@@]1(c3cc4nc(N5CC[C@@H](O)C5)ccc4o3)CC(=O)NC1=O)C2. The topological polar surface area (TPSA) is 125 Å². The molecule has 2 aromatic heterocycles. The molecule has 2 saturated heterocycles. The van der Waals surface area contributed by atoms with Crippen molar-refractivity contribution in [3.63, 3.8) is 0 Å². The molecule has 11 heteroatoms. The minimum Gasteiger partial charge on any atom is -0.494 e. The van der Waals surface area contributed by atoms with E-state index in [9.17, 15) is 23.9 Å². The summed E-state index contributed by atoms with van der Waals surface area (Å²) in [6.07, 6.45) is 0.0225. The summed E-state index contributed by atoms with van der Waals surface area (Å²) in [5.41, 5.74) is -0.200. The second-order valence-corrected chi connectivity index (χ2v) is 9.47. The van der Waals surface area contributed by atoms with Gasteiger partial charge in [0.2, 0.25) is 11.8 Å². The Morgan fingerprint density at radius 2 is 2.11 bits per heavy atom. The average Bonchev–Trinajstić information content (AvgIpc) is 3.60. The number of aromatic nitrogens is 1. The maximum absolute atomic E-state index is 14.8. The fourth-order valence-electron chi connectivity index (χ4n) is 5.33. The monoisotopic (exact) mass is 494 g/mol. The number of amides is 3. The zero-order valence-corrected chi connectivity index (χ0v) is 19.4. The molecule has 3 aromatic rings. The Hall–Kier alpha value is -3.99. The van der Waals surface area contributed by atoms with E-state index in [1.807, 2.05) is 4.90 Å².